The predicted octanol–water partition coefficient (Wildman–Crippen LogP) is 2.47. The Bertz CT molecular complexity index is 888. The number of amides is 1. The van der Waals surface area contributed by atoms with Gasteiger partial charge in [-0.25, -0.2) is 4.98 Å². The number of nitrogens with zero attached hydrogens (tertiary/aromatic N) is 6. The third kappa shape index (κ3) is 3.05. The summed E-state index contributed by atoms with van der Waals surface area (Å²) in [6.45, 7) is 3.75. The van der Waals surface area contributed by atoms with Gasteiger partial charge in [0.05, 0.1) is 10.9 Å². The molecule has 0 atom stereocenters. The van der Waals surface area contributed by atoms with E-state index < -0.39 is 0 Å². The van der Waals surface area contributed by atoms with Crippen LogP contribution >= 0.6 is 11.3 Å². The first-order chi connectivity index (χ1) is 12.5. The van der Waals surface area contributed by atoms with E-state index in [2.05, 4.69) is 15.0 Å². The number of anilines is 1. The highest BCUT2D eigenvalue weighted by Crippen LogP contribution is 2.30. The van der Waals surface area contributed by atoms with Crippen LogP contribution in [0.1, 0.15) is 29.0 Å². The molecule has 0 bridgehead atoms. The van der Waals surface area contributed by atoms with E-state index in [0.717, 1.165) is 47.0 Å². The van der Waals surface area contributed by atoms with Crippen LogP contribution in [0.25, 0.3) is 10.2 Å². The van der Waals surface area contributed by atoms with E-state index in [0.29, 0.717) is 5.69 Å². The molecule has 1 amide bonds. The van der Waals surface area contributed by atoms with Crippen LogP contribution in [0.2, 0.25) is 0 Å². The summed E-state index contributed by atoms with van der Waals surface area (Å²) in [5.74, 6) is -0.00166. The lowest BCUT2D eigenvalue weighted by atomic mass is 10.0. The molecule has 8 heteroatoms. The molecule has 7 nitrogen and oxygen atoms in total. The molecule has 0 radical (unpaired) electrons. The normalized spacial score (nSPS) is 15.6. The van der Waals surface area contributed by atoms with Crippen LogP contribution in [-0.4, -0.2) is 56.7 Å². The molecule has 4 rings (SSSR count). The summed E-state index contributed by atoms with van der Waals surface area (Å²) >= 11 is 1.70. The summed E-state index contributed by atoms with van der Waals surface area (Å²) < 4.78 is 2.90. The highest BCUT2D eigenvalue weighted by Gasteiger charge is 2.28. The number of hydrogen-bond acceptors (Lipinski definition) is 6. The number of pyridine rings is 1. The molecule has 3 aromatic rings. The van der Waals surface area contributed by atoms with E-state index in [1.165, 1.54) is 0 Å². The van der Waals surface area contributed by atoms with Crippen molar-refractivity contribution in [3.63, 3.8) is 0 Å². The van der Waals surface area contributed by atoms with Gasteiger partial charge < -0.3 is 9.80 Å². The number of hydrogen-bond donors (Lipinski definition) is 0. The van der Waals surface area contributed by atoms with Crippen molar-refractivity contribution in [3.05, 3.63) is 35.9 Å². The van der Waals surface area contributed by atoms with Crippen molar-refractivity contribution in [2.24, 2.45) is 7.05 Å². The second kappa shape index (κ2) is 6.68. The van der Waals surface area contributed by atoms with Gasteiger partial charge in [-0.15, -0.1) is 0 Å². The van der Waals surface area contributed by atoms with Crippen molar-refractivity contribution in [3.8, 4) is 0 Å². The fourth-order valence-electron chi connectivity index (χ4n) is 3.36. The number of piperidine rings is 1. The van der Waals surface area contributed by atoms with Crippen LogP contribution in [0, 0.1) is 6.92 Å². The Morgan fingerprint density at radius 1 is 1.35 bits per heavy atom. The van der Waals surface area contributed by atoms with Crippen LogP contribution in [0.3, 0.4) is 0 Å². The van der Waals surface area contributed by atoms with Crippen molar-refractivity contribution < 1.29 is 4.79 Å². The topological polar surface area (TPSA) is 67.2 Å². The molecular formula is C18H22N6OS. The first-order valence-electron chi connectivity index (χ1n) is 8.76. The van der Waals surface area contributed by atoms with Crippen molar-refractivity contribution in [2.75, 3.05) is 25.0 Å². The lowest BCUT2D eigenvalue weighted by molar-refractivity contribution is 0.0702. The molecule has 0 spiro atoms. The molecule has 4 heterocycles. The van der Waals surface area contributed by atoms with Crippen molar-refractivity contribution in [1.29, 1.82) is 0 Å². The molecule has 0 N–H and O–H groups in total. The molecule has 1 aliphatic heterocycles. The SMILES string of the molecule is Cc1cc(C(=O)N(C)C2CCN(c3nc4cnccc4s3)CC2)nn1C. The van der Waals surface area contributed by atoms with Crippen LogP contribution in [-0.2, 0) is 7.05 Å². The lowest BCUT2D eigenvalue weighted by Gasteiger charge is -2.36. The first kappa shape index (κ1) is 17.0. The number of carbonyl (C=O) groups excluding carboxylic acids is 1. The number of fused-ring (bicyclic) bond motifs is 1. The summed E-state index contributed by atoms with van der Waals surface area (Å²) in [6, 6.07) is 4.09. The van der Waals surface area contributed by atoms with E-state index in [9.17, 15) is 4.79 Å². The summed E-state index contributed by atoms with van der Waals surface area (Å²) in [6.07, 6.45) is 5.48. The van der Waals surface area contributed by atoms with Gasteiger partial charge in [-0.05, 0) is 31.9 Å². The molecule has 0 unspecified atom stereocenters. The van der Waals surface area contributed by atoms with Gasteiger partial charge >= 0.3 is 0 Å². The third-order valence-corrected chi connectivity index (χ3v) is 6.21. The molecule has 1 saturated heterocycles. The van der Waals surface area contributed by atoms with E-state index >= 15 is 0 Å². The first-order valence-corrected chi connectivity index (χ1v) is 9.58. The van der Waals surface area contributed by atoms with Crippen LogP contribution < -0.4 is 4.90 Å². The maximum absolute atomic E-state index is 12.7. The quantitative estimate of drug-likeness (QED) is 0.709. The van der Waals surface area contributed by atoms with Crippen LogP contribution in [0.4, 0.5) is 5.13 Å². The Morgan fingerprint density at radius 3 is 2.77 bits per heavy atom. The standard InChI is InChI=1S/C18H22N6OS/c1-12-10-14(21-23(12)3)17(25)22(2)13-5-8-24(9-6-13)18-20-15-11-19-7-4-16(15)26-18/h4,7,10-11,13H,5-6,8-9H2,1-3H3. The average molecular weight is 370 g/mol. The van der Waals surface area contributed by atoms with E-state index in [4.69, 9.17) is 4.98 Å². The monoisotopic (exact) mass is 370 g/mol. The molecular weight excluding hydrogens is 348 g/mol. The van der Waals surface area contributed by atoms with Crippen molar-refractivity contribution >= 4 is 32.6 Å². The minimum absolute atomic E-state index is 0.00166. The Kier molecular flexibility index (Phi) is 4.36. The van der Waals surface area contributed by atoms with Gasteiger partial charge in [0.1, 0.15) is 5.52 Å². The maximum Gasteiger partial charge on any atom is 0.274 e. The van der Waals surface area contributed by atoms with Crippen molar-refractivity contribution in [2.45, 2.75) is 25.8 Å². The smallest absolute Gasteiger partial charge is 0.274 e. The zero-order chi connectivity index (χ0) is 18.3. The Hall–Kier alpha value is -2.48. The zero-order valence-corrected chi connectivity index (χ0v) is 16.0. The lowest BCUT2D eigenvalue weighted by Crippen LogP contribution is -2.45. The minimum Gasteiger partial charge on any atom is -0.348 e. The van der Waals surface area contributed by atoms with Gasteiger partial charge in [-0.3, -0.25) is 14.5 Å². The Morgan fingerprint density at radius 2 is 2.12 bits per heavy atom. The average Bonchev–Trinajstić information content (AvgIpc) is 3.24. The Labute approximate surface area is 156 Å². The fourth-order valence-corrected chi connectivity index (χ4v) is 4.34. The van der Waals surface area contributed by atoms with E-state index in [-0.39, 0.29) is 11.9 Å². The summed E-state index contributed by atoms with van der Waals surface area (Å²) in [5, 5.41) is 5.36. The number of rotatable bonds is 3. The summed E-state index contributed by atoms with van der Waals surface area (Å²) in [4.78, 5) is 25.7. The van der Waals surface area contributed by atoms with Crippen LogP contribution in [0.5, 0.6) is 0 Å². The molecule has 0 aliphatic carbocycles. The second-order valence-corrected chi connectivity index (χ2v) is 7.78. The molecule has 0 aromatic carbocycles. The molecule has 3 aromatic heterocycles. The minimum atomic E-state index is -0.00166. The van der Waals surface area contributed by atoms with Gasteiger partial charge in [0.2, 0.25) is 0 Å². The fraction of sp³-hybridized carbons (Fsp3) is 0.444. The maximum atomic E-state index is 12.7. The van der Waals surface area contributed by atoms with Gasteiger partial charge in [0.25, 0.3) is 5.91 Å². The zero-order valence-electron chi connectivity index (χ0n) is 15.2. The van der Waals surface area contributed by atoms with Crippen LogP contribution in [0.15, 0.2) is 24.5 Å². The van der Waals surface area contributed by atoms with Crippen molar-refractivity contribution in [1.82, 2.24) is 24.6 Å². The molecule has 26 heavy (non-hydrogen) atoms. The Balaban J connectivity index is 1.41. The highest BCUT2D eigenvalue weighted by molar-refractivity contribution is 7.22. The van der Waals surface area contributed by atoms with Gasteiger partial charge in [-0.2, -0.15) is 5.10 Å². The third-order valence-electron chi connectivity index (χ3n) is 5.11. The molecule has 0 saturated carbocycles. The van der Waals surface area contributed by atoms with E-state index in [1.54, 1.807) is 22.2 Å². The number of carbonyl (C=O) groups is 1. The van der Waals surface area contributed by atoms with Gasteiger partial charge in [-0.1, -0.05) is 11.3 Å². The number of thiazole rings is 1. The highest BCUT2D eigenvalue weighted by atomic mass is 32.1. The molecule has 136 valence electrons. The predicted molar refractivity (Wildman–Crippen MR) is 103 cm³/mol. The van der Waals surface area contributed by atoms with Gasteiger partial charge in [0.15, 0.2) is 10.8 Å². The summed E-state index contributed by atoms with van der Waals surface area (Å²) in [7, 11) is 3.74. The summed E-state index contributed by atoms with van der Waals surface area (Å²) in [5.41, 5.74) is 2.46. The second-order valence-electron chi connectivity index (χ2n) is 6.77. The number of aryl methyl sites for hydroxylation is 2. The molecule has 1 fully saturated rings. The molecule has 1 aliphatic rings. The van der Waals surface area contributed by atoms with Gasteiger partial charge in [0, 0.05) is 45.1 Å². The van der Waals surface area contributed by atoms with E-state index in [1.807, 2.05) is 44.2 Å². The number of aromatic nitrogens is 4. The largest absolute Gasteiger partial charge is 0.348 e.